The monoisotopic (exact) mass is 311 g/mol. The van der Waals surface area contributed by atoms with E-state index in [1.165, 1.54) is 13.3 Å². The molecule has 2 aromatic rings. The lowest BCUT2D eigenvalue weighted by Crippen LogP contribution is -2.30. The number of carbonyl (C=O) groups excluding carboxylic acids is 1. The highest BCUT2D eigenvalue weighted by Crippen LogP contribution is 2.21. The molecule has 9 heteroatoms. The predicted octanol–water partition coefficient (Wildman–Crippen LogP) is 2.31. The zero-order chi connectivity index (χ0) is 16.1. The highest BCUT2D eigenvalue weighted by molar-refractivity contribution is 5.89. The van der Waals surface area contributed by atoms with Crippen LogP contribution in [0.3, 0.4) is 0 Å². The van der Waals surface area contributed by atoms with Crippen molar-refractivity contribution in [1.29, 1.82) is 0 Å². The summed E-state index contributed by atoms with van der Waals surface area (Å²) in [7, 11) is 1.45. The first-order valence-electron chi connectivity index (χ1n) is 6.37. The van der Waals surface area contributed by atoms with E-state index in [9.17, 15) is 13.6 Å². The molecule has 0 bridgehead atoms. The molecule has 0 aliphatic carbocycles. The third kappa shape index (κ3) is 3.68. The van der Waals surface area contributed by atoms with Crippen molar-refractivity contribution in [3.05, 3.63) is 36.0 Å². The van der Waals surface area contributed by atoms with Gasteiger partial charge >= 0.3 is 12.6 Å². The molecule has 0 fully saturated rings. The number of carbonyl (C=O) groups is 1. The van der Waals surface area contributed by atoms with Crippen LogP contribution in [0.25, 0.3) is 0 Å². The van der Waals surface area contributed by atoms with E-state index < -0.39 is 12.6 Å². The molecular weight excluding hydrogens is 296 g/mol. The van der Waals surface area contributed by atoms with Crippen LogP contribution in [0.1, 0.15) is 18.1 Å². The zero-order valence-corrected chi connectivity index (χ0v) is 12.0. The van der Waals surface area contributed by atoms with Crippen LogP contribution in [0.15, 0.2) is 24.5 Å². The molecule has 0 aliphatic heterocycles. The minimum atomic E-state index is -2.71. The predicted molar refractivity (Wildman–Crippen MR) is 74.9 cm³/mol. The highest BCUT2D eigenvalue weighted by atomic mass is 19.3. The van der Waals surface area contributed by atoms with Crippen LogP contribution >= 0.6 is 0 Å². The maximum Gasteiger partial charge on any atom is 0.320 e. The fraction of sp³-hybridized carbons (Fsp3) is 0.308. The van der Waals surface area contributed by atoms with E-state index >= 15 is 0 Å². The number of pyridine rings is 1. The Morgan fingerprint density at radius 1 is 1.45 bits per heavy atom. The Bertz CT molecular complexity index is 660. The molecule has 0 saturated carbocycles. The van der Waals surface area contributed by atoms with Crippen LogP contribution in [0.2, 0.25) is 0 Å². The number of halogens is 2. The van der Waals surface area contributed by atoms with E-state index in [2.05, 4.69) is 20.6 Å². The summed E-state index contributed by atoms with van der Waals surface area (Å²) >= 11 is 0. The molecule has 2 amide bonds. The third-order valence-corrected chi connectivity index (χ3v) is 2.82. The highest BCUT2D eigenvalue weighted by Gasteiger charge is 2.13. The van der Waals surface area contributed by atoms with Crippen molar-refractivity contribution in [2.45, 2.75) is 20.0 Å². The topological polar surface area (TPSA) is 81.1 Å². The molecule has 2 N–H and O–H groups in total. The maximum absolute atomic E-state index is 12.6. The molecule has 2 heterocycles. The quantitative estimate of drug-likeness (QED) is 0.888. The van der Waals surface area contributed by atoms with Gasteiger partial charge < -0.3 is 10.1 Å². The molecule has 7 nitrogen and oxygen atoms in total. The number of methoxy groups -OCH3 is 1. The van der Waals surface area contributed by atoms with Crippen molar-refractivity contribution in [2.75, 3.05) is 12.4 Å². The van der Waals surface area contributed by atoms with Crippen LogP contribution in [-0.2, 0) is 6.54 Å². The lowest BCUT2D eigenvalue weighted by atomic mass is 10.3. The fourth-order valence-electron chi connectivity index (χ4n) is 1.77. The lowest BCUT2D eigenvalue weighted by molar-refractivity contribution is 0.0667. The van der Waals surface area contributed by atoms with Crippen LogP contribution in [-0.4, -0.2) is 27.7 Å². The molecule has 0 saturated heterocycles. The number of hydrogen-bond acceptors (Lipinski definition) is 4. The number of ether oxygens (including phenoxy) is 1. The maximum atomic E-state index is 12.6. The summed E-state index contributed by atoms with van der Waals surface area (Å²) in [4.78, 5) is 19.7. The summed E-state index contributed by atoms with van der Waals surface area (Å²) in [5, 5.41) is 4.94. The normalized spacial score (nSPS) is 10.6. The van der Waals surface area contributed by atoms with E-state index in [0.29, 0.717) is 16.0 Å². The second kappa shape index (κ2) is 6.83. The Hall–Kier alpha value is -2.71. The summed E-state index contributed by atoms with van der Waals surface area (Å²) in [6.45, 7) is -1.08. The van der Waals surface area contributed by atoms with Crippen molar-refractivity contribution < 1.29 is 18.3 Å². The van der Waals surface area contributed by atoms with Crippen molar-refractivity contribution in [1.82, 2.24) is 19.9 Å². The van der Waals surface area contributed by atoms with Crippen LogP contribution < -0.4 is 15.4 Å². The Morgan fingerprint density at radius 3 is 2.91 bits per heavy atom. The van der Waals surface area contributed by atoms with Crippen molar-refractivity contribution in [3.8, 4) is 5.75 Å². The Balaban J connectivity index is 1.99. The van der Waals surface area contributed by atoms with Gasteiger partial charge in [-0.15, -0.1) is 0 Å². The van der Waals surface area contributed by atoms with Gasteiger partial charge in [0.25, 0.3) is 0 Å². The van der Waals surface area contributed by atoms with Crippen LogP contribution in [0.4, 0.5) is 19.4 Å². The number of nitrogens with one attached hydrogen (secondary N) is 2. The van der Waals surface area contributed by atoms with E-state index in [0.717, 1.165) is 6.20 Å². The average molecular weight is 311 g/mol. The van der Waals surface area contributed by atoms with Gasteiger partial charge in [0, 0.05) is 18.1 Å². The number of aryl methyl sites for hydroxylation is 1. The van der Waals surface area contributed by atoms with Crippen molar-refractivity contribution in [2.24, 2.45) is 0 Å². The smallest absolute Gasteiger partial charge is 0.320 e. The summed E-state index contributed by atoms with van der Waals surface area (Å²) < 4.78 is 31.0. The number of amides is 2. The molecule has 2 rings (SSSR count). The zero-order valence-electron chi connectivity index (χ0n) is 12.0. The number of hydrogen-bond donors (Lipinski definition) is 2. The molecule has 0 radical (unpaired) electrons. The number of anilines is 1. The number of nitrogens with zero attached hydrogens (tertiary/aromatic N) is 3. The Kier molecular flexibility index (Phi) is 4.87. The second-order valence-electron chi connectivity index (χ2n) is 4.34. The number of urea groups is 1. The van der Waals surface area contributed by atoms with Gasteiger partial charge in [-0.25, -0.2) is 14.8 Å². The molecule has 22 heavy (non-hydrogen) atoms. The molecule has 0 spiro atoms. The number of alkyl halides is 2. The van der Waals surface area contributed by atoms with Gasteiger partial charge in [-0.3, -0.25) is 9.88 Å². The average Bonchev–Trinajstić information content (AvgIpc) is 2.94. The molecule has 0 atom stereocenters. The van der Waals surface area contributed by atoms with Gasteiger partial charge in [0.1, 0.15) is 5.82 Å². The summed E-state index contributed by atoms with van der Waals surface area (Å²) in [5.41, 5.74) is 0.698. The largest absolute Gasteiger partial charge is 0.493 e. The SMILES string of the molecule is COc1ccc(C)nc1NC(=O)NCc1nccn1C(F)F. The fourth-order valence-corrected chi connectivity index (χ4v) is 1.77. The van der Waals surface area contributed by atoms with E-state index in [-0.39, 0.29) is 18.2 Å². The summed E-state index contributed by atoms with van der Waals surface area (Å²) in [6.07, 6.45) is 2.39. The first-order chi connectivity index (χ1) is 10.5. The van der Waals surface area contributed by atoms with Crippen molar-refractivity contribution >= 4 is 11.8 Å². The van der Waals surface area contributed by atoms with E-state index in [1.807, 2.05) is 0 Å². The summed E-state index contributed by atoms with van der Waals surface area (Å²) in [5.74, 6) is 0.696. The molecule has 118 valence electrons. The van der Waals surface area contributed by atoms with E-state index in [4.69, 9.17) is 4.74 Å². The van der Waals surface area contributed by atoms with E-state index in [1.54, 1.807) is 19.1 Å². The standard InChI is InChI=1S/C13H15F2N5O2/c1-8-3-4-9(22-2)11(18-8)19-13(21)17-7-10-16-5-6-20(10)12(14)15/h3-6,12H,7H2,1-2H3,(H2,17,18,19,21). The molecule has 0 aliphatic rings. The minimum Gasteiger partial charge on any atom is -0.493 e. The minimum absolute atomic E-state index is 0.0503. The lowest BCUT2D eigenvalue weighted by Gasteiger charge is -2.11. The number of aromatic nitrogens is 3. The Labute approximate surface area is 125 Å². The first-order valence-corrected chi connectivity index (χ1v) is 6.37. The number of rotatable bonds is 5. The molecular formula is C13H15F2N5O2. The van der Waals surface area contributed by atoms with Gasteiger partial charge in [-0.1, -0.05) is 0 Å². The molecule has 2 aromatic heterocycles. The second-order valence-corrected chi connectivity index (χ2v) is 4.34. The van der Waals surface area contributed by atoms with Crippen molar-refractivity contribution in [3.63, 3.8) is 0 Å². The van der Waals surface area contributed by atoms with Gasteiger partial charge in [-0.05, 0) is 19.1 Å². The third-order valence-electron chi connectivity index (χ3n) is 2.82. The van der Waals surface area contributed by atoms with Gasteiger partial charge in [0.2, 0.25) is 0 Å². The van der Waals surface area contributed by atoms with Crippen LogP contribution in [0.5, 0.6) is 5.75 Å². The van der Waals surface area contributed by atoms with Gasteiger partial charge in [0.05, 0.1) is 13.7 Å². The Morgan fingerprint density at radius 2 is 2.23 bits per heavy atom. The first kappa shape index (κ1) is 15.7. The summed E-state index contributed by atoms with van der Waals surface area (Å²) in [6, 6.07) is 2.81. The number of imidazole rings is 1. The van der Waals surface area contributed by atoms with Crippen LogP contribution in [0, 0.1) is 6.92 Å². The van der Waals surface area contributed by atoms with Gasteiger partial charge in [-0.2, -0.15) is 8.78 Å². The van der Waals surface area contributed by atoms with Gasteiger partial charge in [0.15, 0.2) is 11.6 Å². The molecule has 0 aromatic carbocycles. The molecule has 0 unspecified atom stereocenters.